The Balaban J connectivity index is 1.54. The van der Waals surface area contributed by atoms with Gasteiger partial charge in [-0.25, -0.2) is 4.98 Å². The number of rotatable bonds is 4. The largest absolute Gasteiger partial charge is 0.508 e. The first-order valence-corrected chi connectivity index (χ1v) is 8.48. The van der Waals surface area contributed by atoms with Gasteiger partial charge in [0.05, 0.1) is 25.1 Å². The predicted octanol–water partition coefficient (Wildman–Crippen LogP) is 1.31. The summed E-state index contributed by atoms with van der Waals surface area (Å²) in [7, 11) is 0. The van der Waals surface area contributed by atoms with Gasteiger partial charge in [0.1, 0.15) is 11.8 Å². The maximum Gasteiger partial charge on any atom is 0.254 e. The standard InChI is InChI=1S/C18H20N4O3/c23-15-3-1-2-13(6-15)18(25)21-9-14-8-19-11-22(14)16(10-21)17(24)20-7-12-4-5-12/h1-3,6,8,11-12,16,23H,4-5,7,9-10H2,(H,20,24)/t16-/m1/s1. The number of carbonyl (C=O) groups excluding carboxylic acids is 2. The molecule has 1 saturated carbocycles. The summed E-state index contributed by atoms with van der Waals surface area (Å²) in [5.41, 5.74) is 1.23. The van der Waals surface area contributed by atoms with Crippen molar-refractivity contribution in [3.8, 4) is 5.75 Å². The van der Waals surface area contributed by atoms with Gasteiger partial charge in [0.15, 0.2) is 0 Å². The summed E-state index contributed by atoms with van der Waals surface area (Å²) in [6.45, 7) is 1.37. The van der Waals surface area contributed by atoms with Gasteiger partial charge in [-0.1, -0.05) is 6.07 Å². The first-order chi connectivity index (χ1) is 12.1. The van der Waals surface area contributed by atoms with Crippen molar-refractivity contribution in [3.05, 3.63) is 48.0 Å². The van der Waals surface area contributed by atoms with Crippen LogP contribution in [0.4, 0.5) is 0 Å². The maximum absolute atomic E-state index is 12.8. The molecule has 2 aliphatic rings. The van der Waals surface area contributed by atoms with Crippen LogP contribution in [0.15, 0.2) is 36.8 Å². The highest BCUT2D eigenvalue weighted by atomic mass is 16.3. The third-order valence-electron chi connectivity index (χ3n) is 4.77. The number of phenols is 1. The highest BCUT2D eigenvalue weighted by Gasteiger charge is 2.33. The van der Waals surface area contributed by atoms with Crippen LogP contribution in [0.25, 0.3) is 0 Å². The van der Waals surface area contributed by atoms with Gasteiger partial charge in [0.25, 0.3) is 5.91 Å². The zero-order valence-electron chi connectivity index (χ0n) is 13.8. The number of hydrogen-bond acceptors (Lipinski definition) is 4. The number of nitrogens with zero attached hydrogens (tertiary/aromatic N) is 3. The number of hydrogen-bond donors (Lipinski definition) is 2. The molecule has 1 atom stereocenters. The van der Waals surface area contributed by atoms with Crippen molar-refractivity contribution in [1.82, 2.24) is 19.8 Å². The number of aromatic nitrogens is 2. The lowest BCUT2D eigenvalue weighted by molar-refractivity contribution is -0.125. The van der Waals surface area contributed by atoms with E-state index >= 15 is 0 Å². The Morgan fingerprint density at radius 1 is 1.32 bits per heavy atom. The van der Waals surface area contributed by atoms with Crippen LogP contribution >= 0.6 is 0 Å². The van der Waals surface area contributed by atoms with E-state index in [0.717, 1.165) is 5.69 Å². The molecule has 1 aromatic carbocycles. The molecule has 2 amide bonds. The lowest BCUT2D eigenvalue weighted by Gasteiger charge is -2.33. The fraction of sp³-hybridized carbons (Fsp3) is 0.389. The Labute approximate surface area is 145 Å². The smallest absolute Gasteiger partial charge is 0.254 e. The Morgan fingerprint density at radius 2 is 2.16 bits per heavy atom. The van der Waals surface area contributed by atoms with Gasteiger partial charge in [0.2, 0.25) is 5.91 Å². The molecule has 1 aliphatic carbocycles. The van der Waals surface area contributed by atoms with Crippen LogP contribution in [0.5, 0.6) is 5.75 Å². The zero-order valence-corrected chi connectivity index (χ0v) is 13.8. The van der Waals surface area contributed by atoms with Crippen LogP contribution in [0.1, 0.15) is 34.9 Å². The average molecular weight is 340 g/mol. The minimum atomic E-state index is -0.480. The van der Waals surface area contributed by atoms with E-state index in [1.54, 1.807) is 29.6 Å². The van der Waals surface area contributed by atoms with Crippen LogP contribution in [-0.2, 0) is 11.3 Å². The van der Waals surface area contributed by atoms with Crippen LogP contribution in [0.2, 0.25) is 0 Å². The van der Waals surface area contributed by atoms with Crippen molar-refractivity contribution >= 4 is 11.8 Å². The van der Waals surface area contributed by atoms with Crippen LogP contribution in [0.3, 0.4) is 0 Å². The van der Waals surface area contributed by atoms with Crippen molar-refractivity contribution < 1.29 is 14.7 Å². The summed E-state index contributed by atoms with van der Waals surface area (Å²) in [4.78, 5) is 31.2. The second kappa shape index (κ2) is 6.23. The van der Waals surface area contributed by atoms with Crippen LogP contribution in [-0.4, -0.2) is 44.5 Å². The van der Waals surface area contributed by atoms with Gasteiger partial charge in [-0.15, -0.1) is 0 Å². The van der Waals surface area contributed by atoms with E-state index in [1.165, 1.54) is 25.0 Å². The monoisotopic (exact) mass is 340 g/mol. The molecule has 2 N–H and O–H groups in total. The Kier molecular flexibility index (Phi) is 3.91. The second-order valence-electron chi connectivity index (χ2n) is 6.73. The summed E-state index contributed by atoms with van der Waals surface area (Å²) in [6, 6.07) is 5.78. The van der Waals surface area contributed by atoms with Gasteiger partial charge in [-0.05, 0) is 37.0 Å². The Morgan fingerprint density at radius 3 is 2.92 bits per heavy atom. The molecule has 1 aromatic heterocycles. The highest BCUT2D eigenvalue weighted by molar-refractivity contribution is 5.95. The zero-order chi connectivity index (χ0) is 17.4. The number of amides is 2. The lowest BCUT2D eigenvalue weighted by atomic mass is 10.1. The lowest BCUT2D eigenvalue weighted by Crippen LogP contribution is -2.46. The minimum Gasteiger partial charge on any atom is -0.508 e. The van der Waals surface area contributed by atoms with E-state index in [1.807, 2.05) is 4.57 Å². The number of phenolic OH excluding ortho intramolecular Hbond substituents is 1. The summed E-state index contributed by atoms with van der Waals surface area (Å²) < 4.78 is 1.84. The molecule has 1 fully saturated rings. The molecule has 2 aromatic rings. The van der Waals surface area contributed by atoms with Crippen molar-refractivity contribution in [2.75, 3.05) is 13.1 Å². The molecular formula is C18H20N4O3. The van der Waals surface area contributed by atoms with Gasteiger partial charge in [0, 0.05) is 18.3 Å². The van der Waals surface area contributed by atoms with Gasteiger partial charge >= 0.3 is 0 Å². The fourth-order valence-electron chi connectivity index (χ4n) is 3.16. The summed E-state index contributed by atoms with van der Waals surface area (Å²) in [5.74, 6) is 0.356. The van der Waals surface area contributed by atoms with Crippen molar-refractivity contribution in [1.29, 1.82) is 0 Å². The van der Waals surface area contributed by atoms with E-state index in [0.29, 0.717) is 24.6 Å². The molecule has 25 heavy (non-hydrogen) atoms. The summed E-state index contributed by atoms with van der Waals surface area (Å²) in [6.07, 6.45) is 5.67. The average Bonchev–Trinajstić information content (AvgIpc) is 3.33. The molecule has 7 heteroatoms. The van der Waals surface area contributed by atoms with Crippen molar-refractivity contribution in [2.45, 2.75) is 25.4 Å². The predicted molar refractivity (Wildman–Crippen MR) is 89.8 cm³/mol. The summed E-state index contributed by atoms with van der Waals surface area (Å²) >= 11 is 0. The van der Waals surface area contributed by atoms with Gasteiger partial charge in [-0.2, -0.15) is 0 Å². The molecule has 0 saturated heterocycles. The quantitative estimate of drug-likeness (QED) is 0.878. The molecule has 0 bridgehead atoms. The molecular weight excluding hydrogens is 320 g/mol. The Bertz CT molecular complexity index is 812. The van der Waals surface area contributed by atoms with E-state index in [4.69, 9.17) is 0 Å². The van der Waals surface area contributed by atoms with E-state index in [9.17, 15) is 14.7 Å². The molecule has 0 unspecified atom stereocenters. The third-order valence-corrected chi connectivity index (χ3v) is 4.77. The van der Waals surface area contributed by atoms with Crippen LogP contribution in [0, 0.1) is 5.92 Å². The molecule has 0 radical (unpaired) electrons. The van der Waals surface area contributed by atoms with E-state index < -0.39 is 6.04 Å². The summed E-state index contributed by atoms with van der Waals surface area (Å²) in [5, 5.41) is 12.6. The number of nitrogens with one attached hydrogen (secondary N) is 1. The number of carbonyl (C=O) groups is 2. The number of imidazole rings is 1. The first-order valence-electron chi connectivity index (χ1n) is 8.48. The fourth-order valence-corrected chi connectivity index (χ4v) is 3.16. The van der Waals surface area contributed by atoms with Crippen LogP contribution < -0.4 is 5.32 Å². The van der Waals surface area contributed by atoms with E-state index in [2.05, 4.69) is 10.3 Å². The third kappa shape index (κ3) is 3.22. The highest BCUT2D eigenvalue weighted by Crippen LogP contribution is 2.28. The molecule has 7 nitrogen and oxygen atoms in total. The molecule has 4 rings (SSSR count). The Hall–Kier alpha value is -2.83. The second-order valence-corrected chi connectivity index (χ2v) is 6.73. The van der Waals surface area contributed by atoms with E-state index in [-0.39, 0.29) is 24.1 Å². The molecule has 1 aliphatic heterocycles. The normalized spacial score (nSPS) is 19.4. The first kappa shape index (κ1) is 15.7. The maximum atomic E-state index is 12.8. The molecule has 2 heterocycles. The number of benzene rings is 1. The van der Waals surface area contributed by atoms with Crippen molar-refractivity contribution in [2.24, 2.45) is 5.92 Å². The van der Waals surface area contributed by atoms with Gasteiger partial charge in [-0.3, -0.25) is 9.59 Å². The SMILES string of the molecule is O=C(NCC1CC1)[C@H]1CN(C(=O)c2cccc(O)c2)Cc2cncn21. The molecule has 0 spiro atoms. The van der Waals surface area contributed by atoms with Gasteiger partial charge < -0.3 is 19.9 Å². The number of aromatic hydroxyl groups is 1. The molecule has 130 valence electrons. The number of fused-ring (bicyclic) bond motifs is 1. The van der Waals surface area contributed by atoms with Crippen molar-refractivity contribution in [3.63, 3.8) is 0 Å². The minimum absolute atomic E-state index is 0.0478. The topological polar surface area (TPSA) is 87.5 Å².